The molecule has 0 aromatic heterocycles. The Hall–Kier alpha value is -1.97. The van der Waals surface area contributed by atoms with Crippen molar-refractivity contribution in [3.8, 4) is 0 Å². The van der Waals surface area contributed by atoms with Gasteiger partial charge in [-0.1, -0.05) is 30.3 Å². The number of hydrogen-bond donors (Lipinski definition) is 1. The van der Waals surface area contributed by atoms with Crippen molar-refractivity contribution in [1.82, 2.24) is 5.32 Å². The van der Waals surface area contributed by atoms with E-state index in [0.29, 0.717) is 6.29 Å². The van der Waals surface area contributed by atoms with Gasteiger partial charge >= 0.3 is 6.09 Å². The van der Waals surface area contributed by atoms with Gasteiger partial charge in [0.2, 0.25) is 0 Å². The van der Waals surface area contributed by atoms with Crippen LogP contribution in [0.2, 0.25) is 0 Å². The van der Waals surface area contributed by atoms with Crippen LogP contribution >= 0.6 is 11.8 Å². The highest BCUT2D eigenvalue weighted by atomic mass is 32.2. The SMILES string of the molecule is CNC(=O)OC1=N[C@@H]2[C@@H](F)[C@@H](OCc3ccccc3)[C@@H](C=O)O[C@@H]2S1. The molecule has 2 aliphatic heterocycles. The van der Waals surface area contributed by atoms with Gasteiger partial charge in [0.15, 0.2) is 12.5 Å². The first-order chi connectivity index (χ1) is 12.1. The molecule has 0 unspecified atom stereocenters. The molecule has 1 amide bonds. The van der Waals surface area contributed by atoms with E-state index < -0.39 is 36.0 Å². The summed E-state index contributed by atoms with van der Waals surface area (Å²) in [6, 6.07) is 8.33. The summed E-state index contributed by atoms with van der Waals surface area (Å²) < 4.78 is 31.0. The fourth-order valence-electron chi connectivity index (χ4n) is 2.56. The Kier molecular flexibility index (Phi) is 5.67. The molecule has 9 heteroatoms. The molecule has 5 atom stereocenters. The number of alkyl halides is 1. The van der Waals surface area contributed by atoms with Crippen molar-refractivity contribution in [2.45, 2.75) is 36.5 Å². The number of fused-ring (bicyclic) bond motifs is 1. The van der Waals surface area contributed by atoms with Crippen LogP contribution in [0.15, 0.2) is 35.3 Å². The monoisotopic (exact) mass is 368 g/mol. The summed E-state index contributed by atoms with van der Waals surface area (Å²) in [5, 5.41) is 2.29. The van der Waals surface area contributed by atoms with Crippen molar-refractivity contribution in [3.05, 3.63) is 35.9 Å². The maximum Gasteiger partial charge on any atom is 0.414 e. The second-order valence-electron chi connectivity index (χ2n) is 5.45. The highest BCUT2D eigenvalue weighted by Gasteiger charge is 2.51. The van der Waals surface area contributed by atoms with Gasteiger partial charge in [0.1, 0.15) is 23.7 Å². The highest BCUT2D eigenvalue weighted by Crippen LogP contribution is 2.38. The predicted molar refractivity (Wildman–Crippen MR) is 89.0 cm³/mol. The Labute approximate surface area is 147 Å². The number of amides is 1. The van der Waals surface area contributed by atoms with Gasteiger partial charge in [0.05, 0.1) is 6.61 Å². The lowest BCUT2D eigenvalue weighted by atomic mass is 10.00. The van der Waals surface area contributed by atoms with Gasteiger partial charge in [0, 0.05) is 7.05 Å². The van der Waals surface area contributed by atoms with Crippen LogP contribution in [0.4, 0.5) is 9.18 Å². The van der Waals surface area contributed by atoms with Crippen LogP contribution in [0.1, 0.15) is 5.56 Å². The molecule has 7 nitrogen and oxygen atoms in total. The molecule has 0 spiro atoms. The first-order valence-electron chi connectivity index (χ1n) is 7.66. The number of alkyl carbamates (subject to hydrolysis) is 1. The van der Waals surface area contributed by atoms with E-state index >= 15 is 0 Å². The number of hydrogen-bond acceptors (Lipinski definition) is 7. The smallest absolute Gasteiger partial charge is 0.385 e. The second-order valence-corrected chi connectivity index (χ2v) is 6.50. The Balaban J connectivity index is 1.69. The first-order valence-corrected chi connectivity index (χ1v) is 8.54. The number of aldehydes is 1. The molecule has 134 valence electrons. The van der Waals surface area contributed by atoms with Crippen LogP contribution in [0.3, 0.4) is 0 Å². The van der Waals surface area contributed by atoms with Crippen molar-refractivity contribution in [2.24, 2.45) is 4.99 Å². The molecule has 2 heterocycles. The van der Waals surface area contributed by atoms with Gasteiger partial charge in [-0.2, -0.15) is 0 Å². The lowest BCUT2D eigenvalue weighted by Crippen LogP contribution is -2.54. The van der Waals surface area contributed by atoms with Crippen molar-refractivity contribution in [3.63, 3.8) is 0 Å². The molecule has 25 heavy (non-hydrogen) atoms. The minimum Gasteiger partial charge on any atom is -0.385 e. The van der Waals surface area contributed by atoms with Crippen LogP contribution in [0, 0.1) is 0 Å². The van der Waals surface area contributed by atoms with E-state index in [1.807, 2.05) is 30.3 Å². The number of rotatable bonds is 4. The van der Waals surface area contributed by atoms with E-state index in [2.05, 4.69) is 10.3 Å². The molecule has 1 aromatic carbocycles. The predicted octanol–water partition coefficient (Wildman–Crippen LogP) is 1.66. The van der Waals surface area contributed by atoms with Gasteiger partial charge in [-0.25, -0.2) is 14.2 Å². The zero-order valence-electron chi connectivity index (χ0n) is 13.3. The summed E-state index contributed by atoms with van der Waals surface area (Å²) in [5.41, 5.74) is 0.121. The normalized spacial score (nSPS) is 31.0. The van der Waals surface area contributed by atoms with Gasteiger partial charge < -0.3 is 24.3 Å². The summed E-state index contributed by atoms with van der Waals surface area (Å²) in [6.07, 6.45) is -3.87. The molecule has 0 saturated carbocycles. The fraction of sp³-hybridized carbons (Fsp3) is 0.438. The largest absolute Gasteiger partial charge is 0.414 e. The summed E-state index contributed by atoms with van der Waals surface area (Å²) in [5.74, 6) is 0. The van der Waals surface area contributed by atoms with E-state index in [1.54, 1.807) is 0 Å². The Morgan fingerprint density at radius 3 is 2.88 bits per heavy atom. The zero-order valence-corrected chi connectivity index (χ0v) is 14.1. The van der Waals surface area contributed by atoms with Crippen LogP contribution in [0.5, 0.6) is 0 Å². The lowest BCUT2D eigenvalue weighted by Gasteiger charge is -2.36. The quantitative estimate of drug-likeness (QED) is 0.814. The third-order valence-electron chi connectivity index (χ3n) is 3.81. The van der Waals surface area contributed by atoms with Gasteiger partial charge in [-0.05, 0) is 17.3 Å². The average molecular weight is 368 g/mol. The molecule has 1 aromatic rings. The van der Waals surface area contributed by atoms with Gasteiger partial charge in [0.25, 0.3) is 5.23 Å². The number of nitrogens with one attached hydrogen (secondary N) is 1. The lowest BCUT2D eigenvalue weighted by molar-refractivity contribution is -0.164. The number of nitrogens with zero attached hydrogens (tertiary/aromatic N) is 1. The maximum absolute atomic E-state index is 14.9. The molecular formula is C16H17FN2O5S. The summed E-state index contributed by atoms with van der Waals surface area (Å²) in [4.78, 5) is 26.6. The first kappa shape index (κ1) is 17.8. The number of thioether (sulfide) groups is 1. The number of halogens is 1. The molecule has 2 aliphatic rings. The van der Waals surface area contributed by atoms with Crippen molar-refractivity contribution in [1.29, 1.82) is 0 Å². The molecule has 1 N–H and O–H groups in total. The third-order valence-corrected chi connectivity index (χ3v) is 4.82. The number of aliphatic imine (C=N–C) groups is 1. The molecule has 1 saturated heterocycles. The number of carbonyl (C=O) groups excluding carboxylic acids is 2. The van der Waals surface area contributed by atoms with E-state index in [0.717, 1.165) is 17.3 Å². The third kappa shape index (κ3) is 4.00. The Bertz CT molecular complexity index is 659. The van der Waals surface area contributed by atoms with Crippen LogP contribution in [-0.2, 0) is 25.6 Å². The highest BCUT2D eigenvalue weighted by molar-refractivity contribution is 8.14. The van der Waals surface area contributed by atoms with Crippen LogP contribution in [-0.4, -0.2) is 54.5 Å². The number of benzene rings is 1. The standard InChI is InChI=1S/C16H17FN2O5S/c1-18-15(21)24-16-19-12-11(17)13(10(7-20)23-14(12)25-16)22-8-9-5-3-2-4-6-9/h2-7,10-14H,8H2,1H3,(H,18,21)/t10-,11-,12-,13+,14-/m1/s1. The van der Waals surface area contributed by atoms with Gasteiger partial charge in [-0.15, -0.1) is 0 Å². The summed E-state index contributed by atoms with van der Waals surface area (Å²) in [7, 11) is 1.40. The molecule has 1 fully saturated rings. The topological polar surface area (TPSA) is 86.2 Å². The van der Waals surface area contributed by atoms with Crippen molar-refractivity contribution >= 4 is 29.4 Å². The zero-order chi connectivity index (χ0) is 17.8. The van der Waals surface area contributed by atoms with E-state index in [9.17, 15) is 14.0 Å². The second kappa shape index (κ2) is 7.94. The van der Waals surface area contributed by atoms with Gasteiger partial charge in [-0.3, -0.25) is 0 Å². The minimum atomic E-state index is -1.56. The Morgan fingerprint density at radius 2 is 2.20 bits per heavy atom. The van der Waals surface area contributed by atoms with Crippen molar-refractivity contribution < 1.29 is 28.2 Å². The van der Waals surface area contributed by atoms with E-state index in [-0.39, 0.29) is 11.8 Å². The Morgan fingerprint density at radius 1 is 1.44 bits per heavy atom. The molecule has 0 bridgehead atoms. The fourth-order valence-corrected chi connectivity index (χ4v) is 3.60. The molecule has 3 rings (SSSR count). The average Bonchev–Trinajstić information content (AvgIpc) is 3.04. The molecule has 0 aliphatic carbocycles. The number of carbonyl (C=O) groups is 2. The van der Waals surface area contributed by atoms with Crippen LogP contribution < -0.4 is 5.32 Å². The van der Waals surface area contributed by atoms with Crippen molar-refractivity contribution in [2.75, 3.05) is 7.05 Å². The summed E-state index contributed by atoms with van der Waals surface area (Å²) >= 11 is 0.968. The maximum atomic E-state index is 14.9. The van der Waals surface area contributed by atoms with E-state index in [1.165, 1.54) is 7.05 Å². The molecule has 0 radical (unpaired) electrons. The summed E-state index contributed by atoms with van der Waals surface area (Å²) in [6.45, 7) is 0.148. The number of ether oxygens (including phenoxy) is 3. The minimum absolute atomic E-state index is 0.00496. The molecular weight excluding hydrogens is 351 g/mol. The van der Waals surface area contributed by atoms with E-state index in [4.69, 9.17) is 14.2 Å². The van der Waals surface area contributed by atoms with Crippen LogP contribution in [0.25, 0.3) is 0 Å².